The Balaban J connectivity index is 2.78. The normalized spacial score (nSPS) is 11.6. The van der Waals surface area contributed by atoms with Gasteiger partial charge in [-0.15, -0.1) is 0 Å². The van der Waals surface area contributed by atoms with Gasteiger partial charge in [0, 0.05) is 6.61 Å². The first-order valence-corrected chi connectivity index (χ1v) is 8.07. The van der Waals surface area contributed by atoms with Crippen molar-refractivity contribution in [1.82, 2.24) is 0 Å². The largest absolute Gasteiger partial charge is 0.424 e. The number of hydrogen-bond acceptors (Lipinski definition) is 1. The minimum atomic E-state index is -0.136. The average molecular weight is 216 g/mol. The molecule has 0 aromatic rings. The molecule has 0 aromatic carbocycles. The van der Waals surface area contributed by atoms with Crippen LogP contribution in [0.2, 0.25) is 6.04 Å². The summed E-state index contributed by atoms with van der Waals surface area (Å²) in [5.41, 5.74) is 0. The van der Waals surface area contributed by atoms with E-state index in [1.165, 1.54) is 57.4 Å². The molecule has 2 heteroatoms. The molecule has 0 unspecified atom stereocenters. The average Bonchev–Trinajstić information content (AvgIpc) is 2.21. The van der Waals surface area contributed by atoms with Crippen LogP contribution in [0.5, 0.6) is 0 Å². The zero-order valence-corrected chi connectivity index (χ0v) is 11.6. The lowest BCUT2D eigenvalue weighted by atomic mass is 10.1. The number of hydrogen-bond donors (Lipinski definition) is 0. The van der Waals surface area contributed by atoms with Crippen molar-refractivity contribution in [2.24, 2.45) is 0 Å². The summed E-state index contributed by atoms with van der Waals surface area (Å²) in [7, 11) is -0.136. The van der Waals surface area contributed by atoms with Crippen molar-refractivity contribution in [2.45, 2.75) is 71.3 Å². The van der Waals surface area contributed by atoms with Crippen molar-refractivity contribution >= 4 is 9.76 Å². The van der Waals surface area contributed by atoms with Crippen molar-refractivity contribution in [2.75, 3.05) is 6.61 Å². The van der Waals surface area contributed by atoms with E-state index >= 15 is 0 Å². The van der Waals surface area contributed by atoms with Crippen LogP contribution in [0.1, 0.15) is 65.2 Å². The first-order chi connectivity index (χ1) is 6.91. The summed E-state index contributed by atoms with van der Waals surface area (Å²) >= 11 is 0. The highest BCUT2D eigenvalue weighted by molar-refractivity contribution is 6.26. The molecular formula is C12H28OSi. The third-order valence-corrected chi connectivity index (χ3v) is 4.08. The highest BCUT2D eigenvalue weighted by Gasteiger charge is 1.92. The highest BCUT2D eigenvalue weighted by Crippen LogP contribution is 2.09. The van der Waals surface area contributed by atoms with Crippen LogP contribution < -0.4 is 0 Å². The summed E-state index contributed by atoms with van der Waals surface area (Å²) in [5.74, 6) is 0. The van der Waals surface area contributed by atoms with E-state index in [0.29, 0.717) is 0 Å². The Morgan fingerprint density at radius 1 is 0.786 bits per heavy atom. The third kappa shape index (κ3) is 12.2. The molecule has 0 saturated heterocycles. The summed E-state index contributed by atoms with van der Waals surface area (Å²) < 4.78 is 5.43. The maximum atomic E-state index is 5.43. The van der Waals surface area contributed by atoms with Gasteiger partial charge in [0.15, 0.2) is 9.76 Å². The van der Waals surface area contributed by atoms with Crippen LogP contribution in [0.25, 0.3) is 0 Å². The van der Waals surface area contributed by atoms with Crippen molar-refractivity contribution in [3.05, 3.63) is 0 Å². The summed E-state index contributed by atoms with van der Waals surface area (Å²) in [4.78, 5) is 0. The molecule has 0 atom stereocenters. The quantitative estimate of drug-likeness (QED) is 0.378. The standard InChI is InChI=1S/C12H28OSi/c1-3-5-6-7-8-9-10-11-12-14-13-4-2/h3-12,14H2,1-2H3. The fourth-order valence-electron chi connectivity index (χ4n) is 1.66. The first-order valence-electron chi connectivity index (χ1n) is 6.49. The van der Waals surface area contributed by atoms with E-state index in [-0.39, 0.29) is 9.76 Å². The van der Waals surface area contributed by atoms with Crippen molar-refractivity contribution in [3.63, 3.8) is 0 Å². The lowest BCUT2D eigenvalue weighted by Gasteiger charge is -2.01. The summed E-state index contributed by atoms with van der Waals surface area (Å²) in [5, 5.41) is 0. The van der Waals surface area contributed by atoms with Gasteiger partial charge in [-0.2, -0.15) is 0 Å². The fourth-order valence-corrected chi connectivity index (χ4v) is 2.71. The van der Waals surface area contributed by atoms with E-state index in [9.17, 15) is 0 Å². The fraction of sp³-hybridized carbons (Fsp3) is 1.00. The summed E-state index contributed by atoms with van der Waals surface area (Å²) in [6, 6.07) is 1.39. The second kappa shape index (κ2) is 13.2. The molecule has 0 heterocycles. The monoisotopic (exact) mass is 216 g/mol. The second-order valence-electron chi connectivity index (χ2n) is 4.03. The maximum Gasteiger partial charge on any atom is 0.161 e. The second-order valence-corrected chi connectivity index (χ2v) is 5.55. The molecular weight excluding hydrogens is 188 g/mol. The van der Waals surface area contributed by atoms with E-state index in [0.717, 1.165) is 6.61 Å². The predicted octanol–water partition coefficient (Wildman–Crippen LogP) is 3.67. The van der Waals surface area contributed by atoms with Crippen LogP contribution in [-0.2, 0) is 4.43 Å². The Morgan fingerprint density at radius 2 is 1.36 bits per heavy atom. The van der Waals surface area contributed by atoms with Crippen molar-refractivity contribution < 1.29 is 4.43 Å². The van der Waals surface area contributed by atoms with Gasteiger partial charge in [-0.25, -0.2) is 0 Å². The van der Waals surface area contributed by atoms with Crippen LogP contribution in [0, 0.1) is 0 Å². The molecule has 0 bridgehead atoms. The number of rotatable bonds is 11. The van der Waals surface area contributed by atoms with Crippen LogP contribution in [0.3, 0.4) is 0 Å². The van der Waals surface area contributed by atoms with Gasteiger partial charge in [-0.1, -0.05) is 58.3 Å². The Labute approximate surface area is 92.6 Å². The van der Waals surface area contributed by atoms with E-state index in [4.69, 9.17) is 4.43 Å². The Kier molecular flexibility index (Phi) is 13.3. The molecule has 0 amide bonds. The van der Waals surface area contributed by atoms with Gasteiger partial charge in [-0.3, -0.25) is 0 Å². The van der Waals surface area contributed by atoms with Crippen LogP contribution in [0.4, 0.5) is 0 Å². The zero-order valence-electron chi connectivity index (χ0n) is 10.2. The minimum absolute atomic E-state index is 0.136. The van der Waals surface area contributed by atoms with Crippen LogP contribution in [0.15, 0.2) is 0 Å². The van der Waals surface area contributed by atoms with E-state index in [2.05, 4.69) is 13.8 Å². The first kappa shape index (κ1) is 14.2. The molecule has 1 nitrogen and oxygen atoms in total. The van der Waals surface area contributed by atoms with Gasteiger partial charge in [0.2, 0.25) is 0 Å². The molecule has 0 N–H and O–H groups in total. The molecule has 86 valence electrons. The predicted molar refractivity (Wildman–Crippen MR) is 67.6 cm³/mol. The Hall–Kier alpha value is 0.177. The highest BCUT2D eigenvalue weighted by atomic mass is 28.2. The van der Waals surface area contributed by atoms with E-state index in [1.807, 2.05) is 0 Å². The molecule has 0 aliphatic rings. The van der Waals surface area contributed by atoms with Crippen LogP contribution in [-0.4, -0.2) is 16.4 Å². The van der Waals surface area contributed by atoms with Gasteiger partial charge in [-0.05, 0) is 13.0 Å². The van der Waals surface area contributed by atoms with E-state index < -0.39 is 0 Å². The van der Waals surface area contributed by atoms with Crippen molar-refractivity contribution in [1.29, 1.82) is 0 Å². The molecule has 14 heavy (non-hydrogen) atoms. The molecule has 0 spiro atoms. The molecule has 0 aliphatic carbocycles. The SMILES string of the molecule is CCCCCCCCCC[SiH2]OCC. The molecule has 0 fully saturated rings. The topological polar surface area (TPSA) is 9.23 Å². The molecule has 0 saturated carbocycles. The third-order valence-electron chi connectivity index (χ3n) is 2.60. The summed E-state index contributed by atoms with van der Waals surface area (Å²) in [6.45, 7) is 5.31. The lowest BCUT2D eigenvalue weighted by Crippen LogP contribution is -1.96. The van der Waals surface area contributed by atoms with Gasteiger partial charge >= 0.3 is 0 Å². The minimum Gasteiger partial charge on any atom is -0.424 e. The molecule has 0 aliphatic heterocycles. The Morgan fingerprint density at radius 3 is 1.93 bits per heavy atom. The summed E-state index contributed by atoms with van der Waals surface area (Å²) in [6.07, 6.45) is 11.4. The van der Waals surface area contributed by atoms with Gasteiger partial charge in [0.1, 0.15) is 0 Å². The van der Waals surface area contributed by atoms with Gasteiger partial charge < -0.3 is 4.43 Å². The molecule has 0 radical (unpaired) electrons. The van der Waals surface area contributed by atoms with Gasteiger partial charge in [0.05, 0.1) is 0 Å². The van der Waals surface area contributed by atoms with Crippen molar-refractivity contribution in [3.8, 4) is 0 Å². The zero-order chi connectivity index (χ0) is 10.5. The Bertz CT molecular complexity index is 84.3. The lowest BCUT2D eigenvalue weighted by molar-refractivity contribution is 0.358. The van der Waals surface area contributed by atoms with Gasteiger partial charge in [0.25, 0.3) is 0 Å². The van der Waals surface area contributed by atoms with Crippen LogP contribution >= 0.6 is 0 Å². The molecule has 0 rings (SSSR count). The smallest absolute Gasteiger partial charge is 0.161 e. The van der Waals surface area contributed by atoms with E-state index in [1.54, 1.807) is 0 Å². The molecule has 0 aromatic heterocycles. The maximum absolute atomic E-state index is 5.43. The number of unbranched alkanes of at least 4 members (excludes halogenated alkanes) is 7.